The molecule has 0 unspecified atom stereocenters. The first kappa shape index (κ1) is 21.4. The van der Waals surface area contributed by atoms with Crippen LogP contribution in [0.5, 0.6) is 0 Å². The number of carbonyl (C=O) groups excluding carboxylic acids is 3. The molecule has 5 N–H and O–H groups in total. The fraction of sp³-hybridized carbons (Fsp3) is 0.800. The van der Waals surface area contributed by atoms with Crippen LogP contribution in [0.1, 0.15) is 40.0 Å². The maximum Gasteiger partial charge on any atom is 0.472 e. The van der Waals surface area contributed by atoms with Gasteiger partial charge in [0.2, 0.25) is 17.7 Å². The molecular weight excluding hydrogens is 327 g/mol. The van der Waals surface area contributed by atoms with Crippen LogP contribution in [0, 0.1) is 0 Å². The van der Waals surface area contributed by atoms with Crippen LogP contribution < -0.4 is 11.1 Å². The smallest absolute Gasteiger partial charge is 0.426 e. The number of carbonyl (C=O) groups is 3. The van der Waals surface area contributed by atoms with Gasteiger partial charge in [0.1, 0.15) is 12.1 Å². The summed E-state index contributed by atoms with van der Waals surface area (Å²) in [5, 5.41) is 20.9. The van der Waals surface area contributed by atoms with Gasteiger partial charge in [0.05, 0.1) is 12.5 Å². The van der Waals surface area contributed by atoms with E-state index in [0.717, 1.165) is 0 Å². The average Bonchev–Trinajstić information content (AvgIpc) is 3.01. The lowest BCUT2D eigenvalue weighted by atomic mass is 9.90. The van der Waals surface area contributed by atoms with Crippen LogP contribution in [0.15, 0.2) is 0 Å². The SMILES string of the molecule is CCCN(CB(O)O)C(=O)[C@@H]1CCCN1C(=O)[C@H](C)NC(=O)[C@H](C)N. The highest BCUT2D eigenvalue weighted by molar-refractivity contribution is 6.41. The van der Waals surface area contributed by atoms with Gasteiger partial charge in [0, 0.05) is 13.1 Å². The van der Waals surface area contributed by atoms with Crippen molar-refractivity contribution in [3.05, 3.63) is 0 Å². The summed E-state index contributed by atoms with van der Waals surface area (Å²) < 4.78 is 0. The molecule has 3 atom stereocenters. The van der Waals surface area contributed by atoms with E-state index in [0.29, 0.717) is 32.4 Å². The maximum atomic E-state index is 12.7. The second kappa shape index (κ2) is 9.74. The number of nitrogens with two attached hydrogens (primary N) is 1. The predicted octanol–water partition coefficient (Wildman–Crippen LogP) is -1.92. The van der Waals surface area contributed by atoms with E-state index < -0.39 is 31.2 Å². The van der Waals surface area contributed by atoms with Gasteiger partial charge < -0.3 is 30.9 Å². The van der Waals surface area contributed by atoms with Crippen molar-refractivity contribution in [3.8, 4) is 0 Å². The van der Waals surface area contributed by atoms with Crippen molar-refractivity contribution in [1.29, 1.82) is 0 Å². The summed E-state index contributed by atoms with van der Waals surface area (Å²) in [6, 6.07) is -2.15. The molecule has 1 heterocycles. The summed E-state index contributed by atoms with van der Waals surface area (Å²) in [7, 11) is -1.62. The van der Waals surface area contributed by atoms with E-state index in [2.05, 4.69) is 5.32 Å². The van der Waals surface area contributed by atoms with Crippen molar-refractivity contribution in [1.82, 2.24) is 15.1 Å². The van der Waals surface area contributed by atoms with E-state index in [9.17, 15) is 24.4 Å². The number of rotatable bonds is 8. The Morgan fingerprint density at radius 1 is 1.36 bits per heavy atom. The van der Waals surface area contributed by atoms with Gasteiger partial charge in [-0.15, -0.1) is 0 Å². The van der Waals surface area contributed by atoms with Gasteiger partial charge >= 0.3 is 7.12 Å². The molecule has 0 bridgehead atoms. The Morgan fingerprint density at radius 2 is 2.00 bits per heavy atom. The second-order valence-electron chi connectivity index (χ2n) is 6.47. The lowest BCUT2D eigenvalue weighted by molar-refractivity contribution is -0.145. The Morgan fingerprint density at radius 3 is 2.52 bits per heavy atom. The maximum absolute atomic E-state index is 12.7. The minimum atomic E-state index is -1.62. The third-order valence-electron chi connectivity index (χ3n) is 4.15. The van der Waals surface area contributed by atoms with E-state index in [1.807, 2.05) is 6.92 Å². The van der Waals surface area contributed by atoms with E-state index in [1.54, 1.807) is 6.92 Å². The number of likely N-dealkylation sites (tertiary alicyclic amines) is 1. The molecule has 1 aliphatic heterocycles. The highest BCUT2D eigenvalue weighted by Gasteiger charge is 2.38. The summed E-state index contributed by atoms with van der Waals surface area (Å²) in [6.07, 6.45) is 1.67. The van der Waals surface area contributed by atoms with Gasteiger partial charge in [-0.3, -0.25) is 14.4 Å². The minimum Gasteiger partial charge on any atom is -0.426 e. The first-order valence-electron chi connectivity index (χ1n) is 8.70. The molecule has 1 rings (SSSR count). The molecule has 1 aliphatic rings. The molecule has 0 spiro atoms. The number of hydrogen-bond acceptors (Lipinski definition) is 6. The van der Waals surface area contributed by atoms with Gasteiger partial charge in [-0.1, -0.05) is 6.92 Å². The normalized spacial score (nSPS) is 19.3. The largest absolute Gasteiger partial charge is 0.472 e. The number of amides is 3. The van der Waals surface area contributed by atoms with Crippen LogP contribution in [0.2, 0.25) is 0 Å². The topological polar surface area (TPSA) is 136 Å². The molecule has 1 saturated heterocycles. The quantitative estimate of drug-likeness (QED) is 0.374. The fourth-order valence-corrected chi connectivity index (χ4v) is 2.91. The molecule has 10 heteroatoms. The number of nitrogens with one attached hydrogen (secondary N) is 1. The van der Waals surface area contributed by atoms with Gasteiger partial charge in [-0.25, -0.2) is 0 Å². The lowest BCUT2D eigenvalue weighted by Gasteiger charge is -2.31. The van der Waals surface area contributed by atoms with Crippen LogP contribution in [0.25, 0.3) is 0 Å². The van der Waals surface area contributed by atoms with Crippen LogP contribution in [-0.2, 0) is 14.4 Å². The monoisotopic (exact) mass is 356 g/mol. The Kier molecular flexibility index (Phi) is 8.34. The molecule has 1 fully saturated rings. The van der Waals surface area contributed by atoms with Crippen LogP contribution in [-0.4, -0.2) is 82.3 Å². The number of hydrogen-bond donors (Lipinski definition) is 4. The van der Waals surface area contributed by atoms with Crippen molar-refractivity contribution in [2.75, 3.05) is 19.5 Å². The Labute approximate surface area is 148 Å². The standard InChI is InChI=1S/C15H29BN4O5/c1-4-7-19(9-16(24)25)15(23)12-6-5-8-20(12)14(22)11(3)18-13(21)10(2)17/h10-12,24-25H,4-9,17H2,1-3H3,(H,18,21)/t10-,11-,12-/m0/s1. The highest BCUT2D eigenvalue weighted by Crippen LogP contribution is 2.20. The van der Waals surface area contributed by atoms with Gasteiger partial charge in [0.25, 0.3) is 0 Å². The summed E-state index contributed by atoms with van der Waals surface area (Å²) in [5.41, 5.74) is 5.49. The first-order chi connectivity index (χ1) is 11.7. The van der Waals surface area contributed by atoms with E-state index in [1.165, 1.54) is 16.7 Å². The first-order valence-corrected chi connectivity index (χ1v) is 8.70. The molecule has 25 heavy (non-hydrogen) atoms. The molecule has 0 saturated carbocycles. The van der Waals surface area contributed by atoms with Crippen molar-refractivity contribution in [2.24, 2.45) is 5.73 Å². The summed E-state index contributed by atoms with van der Waals surface area (Å²) in [6.45, 7) is 5.77. The zero-order valence-corrected chi connectivity index (χ0v) is 15.1. The van der Waals surface area contributed by atoms with E-state index >= 15 is 0 Å². The van der Waals surface area contributed by atoms with Crippen molar-refractivity contribution >= 4 is 24.8 Å². The Balaban J connectivity index is 2.81. The van der Waals surface area contributed by atoms with Crippen molar-refractivity contribution in [2.45, 2.75) is 58.2 Å². The summed E-state index contributed by atoms with van der Waals surface area (Å²) in [4.78, 5) is 39.9. The zero-order chi connectivity index (χ0) is 19.1. The molecular formula is C15H29BN4O5. The van der Waals surface area contributed by atoms with Gasteiger partial charge in [-0.2, -0.15) is 0 Å². The highest BCUT2D eigenvalue weighted by atomic mass is 16.4. The third-order valence-corrected chi connectivity index (χ3v) is 4.15. The molecule has 9 nitrogen and oxygen atoms in total. The number of nitrogens with zero attached hydrogens (tertiary/aromatic N) is 2. The van der Waals surface area contributed by atoms with E-state index in [-0.39, 0.29) is 18.3 Å². The van der Waals surface area contributed by atoms with E-state index in [4.69, 9.17) is 5.73 Å². The Bertz CT molecular complexity index is 489. The van der Waals surface area contributed by atoms with Crippen LogP contribution in [0.3, 0.4) is 0 Å². The Hall–Kier alpha value is -1.65. The third kappa shape index (κ3) is 5.98. The average molecular weight is 356 g/mol. The minimum absolute atomic E-state index is 0.192. The van der Waals surface area contributed by atoms with Crippen molar-refractivity contribution in [3.63, 3.8) is 0 Å². The summed E-state index contributed by atoms with van der Waals surface area (Å²) >= 11 is 0. The van der Waals surface area contributed by atoms with Gasteiger partial charge in [-0.05, 0) is 33.1 Å². The van der Waals surface area contributed by atoms with Crippen molar-refractivity contribution < 1.29 is 24.4 Å². The fourth-order valence-electron chi connectivity index (χ4n) is 2.91. The zero-order valence-electron chi connectivity index (χ0n) is 15.1. The molecule has 0 aromatic rings. The lowest BCUT2D eigenvalue weighted by Crippen LogP contribution is -2.55. The molecule has 0 aromatic heterocycles. The second-order valence-corrected chi connectivity index (χ2v) is 6.47. The summed E-state index contributed by atoms with van der Waals surface area (Å²) in [5.74, 6) is -1.07. The molecule has 0 aromatic carbocycles. The van der Waals surface area contributed by atoms with Crippen LogP contribution >= 0.6 is 0 Å². The van der Waals surface area contributed by atoms with Crippen LogP contribution in [0.4, 0.5) is 0 Å². The van der Waals surface area contributed by atoms with Gasteiger partial charge in [0.15, 0.2) is 0 Å². The molecule has 0 aliphatic carbocycles. The molecule has 142 valence electrons. The predicted molar refractivity (Wildman–Crippen MR) is 93.1 cm³/mol. The molecule has 0 radical (unpaired) electrons. The molecule has 3 amide bonds.